The lowest BCUT2D eigenvalue weighted by Gasteiger charge is -2.14. The minimum absolute atomic E-state index is 0.0636. The molecule has 0 amide bonds. The molecule has 10 heteroatoms. The lowest BCUT2D eigenvalue weighted by atomic mass is 10.2. The Hall–Kier alpha value is -3.22. The van der Waals surface area contributed by atoms with Crippen molar-refractivity contribution >= 4 is 23.2 Å². The highest BCUT2D eigenvalue weighted by Gasteiger charge is 2.31. The molecule has 168 valence electrons. The summed E-state index contributed by atoms with van der Waals surface area (Å²) in [5, 5.41) is 9.28. The number of ether oxygens (including phenoxy) is 1. The molecule has 2 heterocycles. The van der Waals surface area contributed by atoms with E-state index in [9.17, 15) is 18.0 Å². The summed E-state index contributed by atoms with van der Waals surface area (Å²) in [6, 6.07) is 8.83. The number of carboxylic acids is 1. The third-order valence-electron chi connectivity index (χ3n) is 4.40. The van der Waals surface area contributed by atoms with E-state index in [-0.39, 0.29) is 12.2 Å². The summed E-state index contributed by atoms with van der Waals surface area (Å²) in [5.41, 5.74) is 2.13. The molecule has 0 bridgehead atoms. The number of imidazole rings is 1. The third-order valence-corrected chi connectivity index (χ3v) is 4.62. The van der Waals surface area contributed by atoms with Crippen molar-refractivity contribution < 1.29 is 27.8 Å². The summed E-state index contributed by atoms with van der Waals surface area (Å²) in [6.45, 7) is 0.949. The van der Waals surface area contributed by atoms with E-state index < -0.39 is 12.3 Å². The molecule has 0 radical (unpaired) electrons. The molecule has 1 N–H and O–H groups in total. The number of pyridine rings is 1. The van der Waals surface area contributed by atoms with Gasteiger partial charge in [0.05, 0.1) is 10.7 Å². The van der Waals surface area contributed by atoms with Gasteiger partial charge in [-0.15, -0.1) is 13.2 Å². The van der Waals surface area contributed by atoms with Gasteiger partial charge < -0.3 is 14.7 Å². The van der Waals surface area contributed by atoms with Gasteiger partial charge >= 0.3 is 12.3 Å². The van der Waals surface area contributed by atoms with Crippen LogP contribution in [0.15, 0.2) is 42.6 Å². The molecular formula is C22H19ClF3N3O3. The zero-order valence-electron chi connectivity index (χ0n) is 17.0. The Morgan fingerprint density at radius 3 is 2.78 bits per heavy atom. The van der Waals surface area contributed by atoms with E-state index in [1.807, 2.05) is 11.9 Å². The van der Waals surface area contributed by atoms with Crippen molar-refractivity contribution in [1.29, 1.82) is 0 Å². The van der Waals surface area contributed by atoms with Gasteiger partial charge in [0, 0.05) is 24.7 Å². The van der Waals surface area contributed by atoms with Crippen molar-refractivity contribution in [2.45, 2.75) is 25.7 Å². The van der Waals surface area contributed by atoms with Gasteiger partial charge in [-0.25, -0.2) is 4.98 Å². The molecule has 0 saturated carbocycles. The maximum Gasteiger partial charge on any atom is 0.573 e. The van der Waals surface area contributed by atoms with Gasteiger partial charge in [-0.05, 0) is 56.3 Å². The number of benzene rings is 1. The lowest BCUT2D eigenvalue weighted by molar-refractivity contribution is -0.274. The number of carboxylic acid groups (broad SMARTS) is 1. The molecule has 6 nitrogen and oxygen atoms in total. The highest BCUT2D eigenvalue weighted by atomic mass is 35.5. The van der Waals surface area contributed by atoms with E-state index in [1.165, 1.54) is 18.2 Å². The summed E-state index contributed by atoms with van der Waals surface area (Å²) in [4.78, 5) is 17.2. The maximum atomic E-state index is 12.5. The van der Waals surface area contributed by atoms with Crippen LogP contribution in [0.3, 0.4) is 0 Å². The zero-order valence-corrected chi connectivity index (χ0v) is 17.7. The Kier molecular flexibility index (Phi) is 7.28. The first-order valence-corrected chi connectivity index (χ1v) is 9.93. The lowest BCUT2D eigenvalue weighted by Crippen LogP contribution is -2.20. The second kappa shape index (κ2) is 9.94. The van der Waals surface area contributed by atoms with Crippen LogP contribution in [0, 0.1) is 11.8 Å². The predicted octanol–water partition coefficient (Wildman–Crippen LogP) is 4.58. The largest absolute Gasteiger partial charge is 0.573 e. The molecule has 0 atom stereocenters. The molecule has 0 fully saturated rings. The van der Waals surface area contributed by atoms with Crippen molar-refractivity contribution in [2.75, 3.05) is 13.6 Å². The van der Waals surface area contributed by atoms with E-state index in [1.54, 1.807) is 28.8 Å². The van der Waals surface area contributed by atoms with Crippen molar-refractivity contribution in [3.05, 3.63) is 64.6 Å². The van der Waals surface area contributed by atoms with Gasteiger partial charge in [-0.2, -0.15) is 0 Å². The quantitative estimate of drug-likeness (QED) is 0.517. The molecule has 0 aliphatic heterocycles. The molecule has 0 unspecified atom stereocenters. The van der Waals surface area contributed by atoms with E-state index in [2.05, 4.69) is 21.6 Å². The van der Waals surface area contributed by atoms with Crippen LogP contribution in [0.4, 0.5) is 13.2 Å². The number of hydrogen-bond acceptors (Lipinski definition) is 4. The molecule has 0 spiro atoms. The van der Waals surface area contributed by atoms with E-state index in [0.717, 1.165) is 0 Å². The minimum atomic E-state index is -4.79. The number of halogens is 4. The predicted molar refractivity (Wildman–Crippen MR) is 113 cm³/mol. The van der Waals surface area contributed by atoms with E-state index in [4.69, 9.17) is 16.7 Å². The molecule has 0 aliphatic carbocycles. The summed E-state index contributed by atoms with van der Waals surface area (Å²) in [5.74, 6) is 4.63. The fourth-order valence-electron chi connectivity index (χ4n) is 3.05. The second-order valence-electron chi connectivity index (χ2n) is 7.04. The molecule has 3 aromatic rings. The van der Waals surface area contributed by atoms with Crippen LogP contribution in [-0.2, 0) is 11.3 Å². The van der Waals surface area contributed by atoms with Crippen LogP contribution in [0.5, 0.6) is 5.75 Å². The van der Waals surface area contributed by atoms with Crippen LogP contribution in [0.2, 0.25) is 5.02 Å². The van der Waals surface area contributed by atoms with Gasteiger partial charge in [0.15, 0.2) is 0 Å². The summed E-state index contributed by atoms with van der Waals surface area (Å²) >= 11 is 6.12. The van der Waals surface area contributed by atoms with E-state index in [0.29, 0.717) is 47.1 Å². The van der Waals surface area contributed by atoms with Gasteiger partial charge in [-0.1, -0.05) is 23.6 Å². The fraction of sp³-hybridized carbons (Fsp3) is 0.273. The number of hydrogen-bond donors (Lipinski definition) is 1. The molecule has 1 aromatic carbocycles. The molecular weight excluding hydrogens is 447 g/mol. The third kappa shape index (κ3) is 6.64. The number of aliphatic carboxylic acids is 1. The normalized spacial score (nSPS) is 11.4. The van der Waals surface area contributed by atoms with Gasteiger partial charge in [0.25, 0.3) is 0 Å². The van der Waals surface area contributed by atoms with Gasteiger partial charge in [0.2, 0.25) is 0 Å². The minimum Gasteiger partial charge on any atom is -0.481 e. The topological polar surface area (TPSA) is 67.1 Å². The summed E-state index contributed by atoms with van der Waals surface area (Å²) < 4.78 is 43.1. The van der Waals surface area contributed by atoms with E-state index >= 15 is 0 Å². The van der Waals surface area contributed by atoms with Crippen molar-refractivity contribution in [3.8, 4) is 17.6 Å². The summed E-state index contributed by atoms with van der Waals surface area (Å²) in [6.07, 6.45) is -2.58. The van der Waals surface area contributed by atoms with Gasteiger partial charge in [0.1, 0.15) is 17.1 Å². The average Bonchev–Trinajstić information content (AvgIpc) is 3.01. The zero-order chi connectivity index (χ0) is 23.3. The molecule has 0 aliphatic rings. The SMILES string of the molecule is CN(CCCC(=O)O)Cc1nc2ccc(Cl)cn2c1C#Cc1cccc(OC(F)(F)F)c1. The highest BCUT2D eigenvalue weighted by molar-refractivity contribution is 6.30. The van der Waals surface area contributed by atoms with Crippen LogP contribution in [0.1, 0.15) is 29.8 Å². The first-order valence-electron chi connectivity index (χ1n) is 9.55. The Balaban J connectivity index is 1.90. The monoisotopic (exact) mass is 465 g/mol. The Morgan fingerprint density at radius 2 is 2.06 bits per heavy atom. The summed E-state index contributed by atoms with van der Waals surface area (Å²) in [7, 11) is 1.84. The average molecular weight is 466 g/mol. The number of carbonyl (C=O) groups is 1. The number of alkyl halides is 3. The number of rotatable bonds is 7. The second-order valence-corrected chi connectivity index (χ2v) is 7.48. The first-order chi connectivity index (χ1) is 15.1. The molecule has 0 saturated heterocycles. The number of fused-ring (bicyclic) bond motifs is 1. The molecule has 32 heavy (non-hydrogen) atoms. The number of nitrogens with zero attached hydrogens (tertiary/aromatic N) is 3. The Bertz CT molecular complexity index is 1180. The van der Waals surface area contributed by atoms with Crippen molar-refractivity contribution in [1.82, 2.24) is 14.3 Å². The standard InChI is InChI=1S/C22H19ClF3N3O3/c1-28(11-3-6-21(30)31)14-18-19(29-13-16(23)8-10-20(29)27-18)9-7-15-4-2-5-17(12-15)32-22(24,25)26/h2,4-5,8,10,12-13H,3,6,11,14H2,1H3,(H,30,31). The fourth-order valence-corrected chi connectivity index (χ4v) is 3.21. The van der Waals surface area contributed by atoms with Crippen LogP contribution in [0.25, 0.3) is 5.65 Å². The van der Waals surface area contributed by atoms with Crippen LogP contribution < -0.4 is 4.74 Å². The highest BCUT2D eigenvalue weighted by Crippen LogP contribution is 2.23. The number of aromatic nitrogens is 2. The Labute approximate surface area is 187 Å². The first kappa shape index (κ1) is 23.4. The van der Waals surface area contributed by atoms with Crippen LogP contribution >= 0.6 is 11.6 Å². The van der Waals surface area contributed by atoms with Gasteiger partial charge in [-0.3, -0.25) is 9.20 Å². The Morgan fingerprint density at radius 1 is 1.28 bits per heavy atom. The molecule has 2 aromatic heterocycles. The maximum absolute atomic E-state index is 12.5. The van der Waals surface area contributed by atoms with Crippen molar-refractivity contribution in [2.24, 2.45) is 0 Å². The smallest absolute Gasteiger partial charge is 0.481 e. The van der Waals surface area contributed by atoms with Crippen LogP contribution in [-0.4, -0.2) is 45.3 Å². The molecule has 3 rings (SSSR count). The van der Waals surface area contributed by atoms with Crippen molar-refractivity contribution in [3.63, 3.8) is 0 Å².